The van der Waals surface area contributed by atoms with Crippen LogP contribution in [-0.4, -0.2) is 108 Å². The van der Waals surface area contributed by atoms with Crippen molar-refractivity contribution in [3.05, 3.63) is 23.8 Å². The maximum absolute atomic E-state index is 13.1. The molecule has 0 aromatic carbocycles. The maximum atomic E-state index is 13.1. The molecule has 184 valence electrons. The number of hydrogen-bond acceptors (Lipinski definition) is 7. The summed E-state index contributed by atoms with van der Waals surface area (Å²) in [5.74, 6) is -0.191. The fourth-order valence-corrected chi connectivity index (χ4v) is 4.39. The Hall–Kier alpha value is -2.10. The first-order chi connectivity index (χ1) is 16.0. The molecule has 3 heterocycles. The number of nitrogens with one attached hydrogen (secondary N) is 1. The van der Waals surface area contributed by atoms with Gasteiger partial charge in [0.1, 0.15) is 5.69 Å². The highest BCUT2D eigenvalue weighted by Crippen LogP contribution is 2.16. The van der Waals surface area contributed by atoms with Gasteiger partial charge in [0, 0.05) is 64.5 Å². The molecule has 2 saturated heterocycles. The van der Waals surface area contributed by atoms with E-state index in [-0.39, 0.29) is 18.2 Å². The number of likely N-dealkylation sites (tertiary alicyclic amines) is 1. The molecule has 0 bridgehead atoms. The van der Waals surface area contributed by atoms with Crippen LogP contribution in [0.3, 0.4) is 0 Å². The fraction of sp³-hybridized carbons (Fsp3) is 0.750. The Balaban J connectivity index is 1.44. The van der Waals surface area contributed by atoms with Crippen LogP contribution in [0, 0.1) is 6.92 Å². The van der Waals surface area contributed by atoms with E-state index in [0.29, 0.717) is 31.4 Å². The minimum Gasteiger partial charge on any atom is -0.379 e. The molecule has 1 N–H and O–H groups in total. The molecule has 2 amide bonds. The van der Waals surface area contributed by atoms with Gasteiger partial charge in [0.05, 0.1) is 25.1 Å². The minimum absolute atomic E-state index is 0.0131. The van der Waals surface area contributed by atoms with Crippen LogP contribution in [0.25, 0.3) is 0 Å². The second-order valence-electron chi connectivity index (χ2n) is 9.12. The summed E-state index contributed by atoms with van der Waals surface area (Å²) in [6, 6.07) is 0.644. The SMILES string of the molecule is Cc1cnc(C(=O)N(CCC(=O)NCCCN2CCCCC2C)CCN2CCOCC2)cn1. The summed E-state index contributed by atoms with van der Waals surface area (Å²) in [5, 5.41) is 3.03. The average molecular weight is 461 g/mol. The number of rotatable bonds is 11. The zero-order valence-electron chi connectivity index (χ0n) is 20.3. The van der Waals surface area contributed by atoms with Crippen molar-refractivity contribution in [3.8, 4) is 0 Å². The monoisotopic (exact) mass is 460 g/mol. The van der Waals surface area contributed by atoms with E-state index in [4.69, 9.17) is 4.74 Å². The molecule has 2 fully saturated rings. The van der Waals surface area contributed by atoms with E-state index < -0.39 is 0 Å². The van der Waals surface area contributed by atoms with E-state index in [0.717, 1.165) is 58.1 Å². The summed E-state index contributed by atoms with van der Waals surface area (Å²) in [7, 11) is 0. The zero-order chi connectivity index (χ0) is 23.5. The molecule has 1 aromatic heterocycles. The Kier molecular flexibility index (Phi) is 10.5. The Labute approximate surface area is 197 Å². The van der Waals surface area contributed by atoms with Gasteiger partial charge in [-0.2, -0.15) is 0 Å². The molecule has 0 aliphatic carbocycles. The number of hydrogen-bond donors (Lipinski definition) is 1. The summed E-state index contributed by atoms with van der Waals surface area (Å²) >= 11 is 0. The van der Waals surface area contributed by atoms with Gasteiger partial charge in [-0.05, 0) is 39.7 Å². The average Bonchev–Trinajstić information content (AvgIpc) is 2.83. The Bertz CT molecular complexity index is 738. The number of aryl methyl sites for hydroxylation is 1. The van der Waals surface area contributed by atoms with Crippen LogP contribution in [-0.2, 0) is 9.53 Å². The van der Waals surface area contributed by atoms with Crippen LogP contribution in [0.4, 0.5) is 0 Å². The number of carbonyl (C=O) groups excluding carboxylic acids is 2. The summed E-state index contributed by atoms with van der Waals surface area (Å²) in [5.41, 5.74) is 1.09. The van der Waals surface area contributed by atoms with Gasteiger partial charge in [-0.25, -0.2) is 4.98 Å². The van der Waals surface area contributed by atoms with Crippen molar-refractivity contribution in [2.45, 2.75) is 52.0 Å². The molecule has 3 rings (SSSR count). The largest absolute Gasteiger partial charge is 0.379 e. The molecule has 9 nitrogen and oxygen atoms in total. The highest BCUT2D eigenvalue weighted by molar-refractivity contribution is 5.92. The quantitative estimate of drug-likeness (QED) is 0.498. The van der Waals surface area contributed by atoms with Crippen molar-refractivity contribution < 1.29 is 14.3 Å². The van der Waals surface area contributed by atoms with Gasteiger partial charge in [0.15, 0.2) is 0 Å². The standard InChI is InChI=1S/C24H40N6O3/c1-20-18-27-22(19-26-20)24(32)30(13-12-28-14-16-33-17-15-28)11-7-23(31)25-8-5-10-29-9-4-3-6-21(29)2/h18-19,21H,3-17H2,1-2H3,(H,25,31). The Morgan fingerprint density at radius 3 is 2.67 bits per heavy atom. The lowest BCUT2D eigenvalue weighted by atomic mass is 10.0. The number of carbonyl (C=O) groups is 2. The van der Waals surface area contributed by atoms with Gasteiger partial charge in [-0.15, -0.1) is 0 Å². The van der Waals surface area contributed by atoms with Crippen molar-refractivity contribution >= 4 is 11.8 Å². The number of aromatic nitrogens is 2. The van der Waals surface area contributed by atoms with E-state index in [1.165, 1.54) is 25.5 Å². The molecule has 1 atom stereocenters. The molecular formula is C24H40N6O3. The third-order valence-corrected chi connectivity index (χ3v) is 6.57. The van der Waals surface area contributed by atoms with Gasteiger partial charge in [-0.3, -0.25) is 19.5 Å². The van der Waals surface area contributed by atoms with Crippen LogP contribution in [0.15, 0.2) is 12.4 Å². The van der Waals surface area contributed by atoms with Crippen molar-refractivity contribution in [2.75, 3.05) is 65.6 Å². The fourth-order valence-electron chi connectivity index (χ4n) is 4.39. The van der Waals surface area contributed by atoms with Crippen molar-refractivity contribution in [1.29, 1.82) is 0 Å². The Morgan fingerprint density at radius 1 is 1.12 bits per heavy atom. The predicted molar refractivity (Wildman–Crippen MR) is 127 cm³/mol. The minimum atomic E-state index is -0.178. The van der Waals surface area contributed by atoms with Crippen LogP contribution < -0.4 is 5.32 Å². The summed E-state index contributed by atoms with van der Waals surface area (Å²) in [6.45, 7) is 11.8. The number of nitrogens with zero attached hydrogens (tertiary/aromatic N) is 5. The lowest BCUT2D eigenvalue weighted by molar-refractivity contribution is -0.121. The summed E-state index contributed by atoms with van der Waals surface area (Å²) in [6.07, 6.45) is 8.22. The number of piperidine rings is 1. The van der Waals surface area contributed by atoms with Gasteiger partial charge < -0.3 is 19.9 Å². The van der Waals surface area contributed by atoms with E-state index in [9.17, 15) is 9.59 Å². The smallest absolute Gasteiger partial charge is 0.274 e. The molecule has 1 unspecified atom stereocenters. The Morgan fingerprint density at radius 2 is 1.94 bits per heavy atom. The predicted octanol–water partition coefficient (Wildman–Crippen LogP) is 1.33. The van der Waals surface area contributed by atoms with Crippen molar-refractivity contribution in [3.63, 3.8) is 0 Å². The number of morpholine rings is 1. The molecule has 0 saturated carbocycles. The van der Waals surface area contributed by atoms with Gasteiger partial charge >= 0.3 is 0 Å². The second kappa shape index (κ2) is 13.6. The zero-order valence-corrected chi connectivity index (χ0v) is 20.3. The third-order valence-electron chi connectivity index (χ3n) is 6.57. The molecule has 0 spiro atoms. The maximum Gasteiger partial charge on any atom is 0.274 e. The van der Waals surface area contributed by atoms with E-state index in [2.05, 4.69) is 32.0 Å². The number of ether oxygens (including phenoxy) is 1. The lowest BCUT2D eigenvalue weighted by Crippen LogP contribution is -2.44. The first kappa shape index (κ1) is 25.5. The summed E-state index contributed by atoms with van der Waals surface area (Å²) < 4.78 is 5.41. The second-order valence-corrected chi connectivity index (χ2v) is 9.12. The van der Waals surface area contributed by atoms with E-state index in [1.54, 1.807) is 11.1 Å². The van der Waals surface area contributed by atoms with Gasteiger partial charge in [-0.1, -0.05) is 6.42 Å². The van der Waals surface area contributed by atoms with E-state index >= 15 is 0 Å². The molecular weight excluding hydrogens is 420 g/mol. The third kappa shape index (κ3) is 8.64. The van der Waals surface area contributed by atoms with Crippen molar-refractivity contribution in [2.24, 2.45) is 0 Å². The molecule has 2 aliphatic heterocycles. The van der Waals surface area contributed by atoms with Crippen LogP contribution in [0.2, 0.25) is 0 Å². The first-order valence-corrected chi connectivity index (χ1v) is 12.4. The normalized spacial score (nSPS) is 19.9. The molecule has 1 aromatic rings. The van der Waals surface area contributed by atoms with Crippen LogP contribution in [0.1, 0.15) is 55.2 Å². The number of amides is 2. The highest BCUT2D eigenvalue weighted by Gasteiger charge is 2.21. The first-order valence-electron chi connectivity index (χ1n) is 12.4. The molecule has 9 heteroatoms. The highest BCUT2D eigenvalue weighted by atomic mass is 16.5. The van der Waals surface area contributed by atoms with Crippen molar-refractivity contribution in [1.82, 2.24) is 30.0 Å². The molecule has 2 aliphatic rings. The lowest BCUT2D eigenvalue weighted by Gasteiger charge is -2.33. The molecule has 0 radical (unpaired) electrons. The van der Waals surface area contributed by atoms with E-state index in [1.807, 2.05) is 6.92 Å². The van der Waals surface area contributed by atoms with Crippen LogP contribution >= 0.6 is 0 Å². The topological polar surface area (TPSA) is 90.9 Å². The van der Waals surface area contributed by atoms with Crippen LogP contribution in [0.5, 0.6) is 0 Å². The summed E-state index contributed by atoms with van der Waals surface area (Å²) in [4.78, 5) is 40.5. The van der Waals surface area contributed by atoms with Gasteiger partial charge in [0.25, 0.3) is 5.91 Å². The van der Waals surface area contributed by atoms with Gasteiger partial charge in [0.2, 0.25) is 5.91 Å². The molecule has 33 heavy (non-hydrogen) atoms.